The van der Waals surface area contributed by atoms with Crippen molar-refractivity contribution in [2.24, 2.45) is 5.10 Å². The summed E-state index contributed by atoms with van der Waals surface area (Å²) < 4.78 is 10.5. The fourth-order valence-electron chi connectivity index (χ4n) is 2.68. The van der Waals surface area contributed by atoms with E-state index in [0.29, 0.717) is 33.5 Å². The predicted octanol–water partition coefficient (Wildman–Crippen LogP) is 5.47. The minimum Gasteiger partial charge on any atom is -0.493 e. The van der Waals surface area contributed by atoms with Crippen molar-refractivity contribution < 1.29 is 14.3 Å². The van der Waals surface area contributed by atoms with Gasteiger partial charge in [-0.1, -0.05) is 40.9 Å². The monoisotopic (exact) mass is 424 g/mol. The number of hydrogen-bond acceptors (Lipinski definition) is 4. The first-order valence-electron chi connectivity index (χ1n) is 7.84. The third-order valence-corrected chi connectivity index (χ3v) is 4.77. The SMILES string of the molecule is COc1ccc(/C=C2/C(=O)N(c3c(Cl)cc(Cl)cc3Cl)N=C2C)cc1OC. The third-order valence-electron chi connectivity index (χ3n) is 3.97. The van der Waals surface area contributed by atoms with Crippen LogP contribution in [0.15, 0.2) is 41.0 Å². The molecule has 0 radical (unpaired) electrons. The van der Waals surface area contributed by atoms with Gasteiger partial charge in [-0.25, -0.2) is 0 Å². The standard InChI is InChI=1S/C19H15Cl3N2O3/c1-10-13(6-11-4-5-16(26-2)17(7-11)27-3)19(25)24(23-10)18-14(21)8-12(20)9-15(18)22/h4-9H,1-3H3/b13-6+. The number of amides is 1. The maximum Gasteiger partial charge on any atom is 0.280 e. The van der Waals surface area contributed by atoms with Crippen LogP contribution in [-0.4, -0.2) is 25.8 Å². The molecule has 0 bridgehead atoms. The van der Waals surface area contributed by atoms with Crippen LogP contribution in [0.25, 0.3) is 6.08 Å². The van der Waals surface area contributed by atoms with Crippen molar-refractivity contribution in [3.8, 4) is 11.5 Å². The average molecular weight is 426 g/mol. The molecule has 0 unspecified atom stereocenters. The second kappa shape index (κ2) is 7.80. The van der Waals surface area contributed by atoms with Gasteiger partial charge in [0.15, 0.2) is 11.5 Å². The zero-order chi connectivity index (χ0) is 19.7. The highest BCUT2D eigenvalue weighted by Gasteiger charge is 2.31. The van der Waals surface area contributed by atoms with Gasteiger partial charge in [-0.3, -0.25) is 4.79 Å². The molecule has 0 saturated carbocycles. The molecule has 0 aliphatic carbocycles. The highest BCUT2D eigenvalue weighted by molar-refractivity contribution is 6.44. The largest absolute Gasteiger partial charge is 0.493 e. The molecule has 8 heteroatoms. The molecular formula is C19H15Cl3N2O3. The molecule has 0 saturated heterocycles. The number of benzene rings is 2. The maximum absolute atomic E-state index is 12.9. The van der Waals surface area contributed by atoms with Crippen LogP contribution in [0.1, 0.15) is 12.5 Å². The van der Waals surface area contributed by atoms with Crippen LogP contribution in [0, 0.1) is 0 Å². The molecule has 0 spiro atoms. The molecule has 1 aliphatic rings. The van der Waals surface area contributed by atoms with Gasteiger partial charge in [-0.05, 0) is 42.8 Å². The summed E-state index contributed by atoms with van der Waals surface area (Å²) in [7, 11) is 3.11. The first-order chi connectivity index (χ1) is 12.8. The fourth-order valence-corrected chi connectivity index (χ4v) is 3.66. The van der Waals surface area contributed by atoms with E-state index in [2.05, 4.69) is 5.10 Å². The smallest absolute Gasteiger partial charge is 0.280 e. The number of hydrogen-bond donors (Lipinski definition) is 0. The second-order valence-corrected chi connectivity index (χ2v) is 6.94. The summed E-state index contributed by atoms with van der Waals surface area (Å²) in [6.07, 6.45) is 1.72. The number of rotatable bonds is 4. The number of halogens is 3. The van der Waals surface area contributed by atoms with Crippen molar-refractivity contribution in [1.82, 2.24) is 0 Å². The number of ether oxygens (including phenoxy) is 2. The predicted molar refractivity (Wildman–Crippen MR) is 110 cm³/mol. The molecule has 1 heterocycles. The normalized spacial score (nSPS) is 15.3. The molecule has 0 aromatic heterocycles. The number of hydrazone groups is 1. The van der Waals surface area contributed by atoms with Crippen molar-refractivity contribution >= 4 is 58.2 Å². The van der Waals surface area contributed by atoms with E-state index in [9.17, 15) is 4.79 Å². The number of carbonyl (C=O) groups excluding carboxylic acids is 1. The molecule has 2 aromatic rings. The van der Waals surface area contributed by atoms with Gasteiger partial charge in [0.1, 0.15) is 5.69 Å². The number of nitrogens with zero attached hydrogens (tertiary/aromatic N) is 2. The summed E-state index contributed by atoms with van der Waals surface area (Å²) in [5.41, 5.74) is 2.02. The van der Waals surface area contributed by atoms with E-state index in [-0.39, 0.29) is 16.0 Å². The Balaban J connectivity index is 2.00. The Morgan fingerprint density at radius 3 is 2.22 bits per heavy atom. The quantitative estimate of drug-likeness (QED) is 0.610. The van der Waals surface area contributed by atoms with E-state index in [1.54, 1.807) is 39.4 Å². The number of methoxy groups -OCH3 is 2. The summed E-state index contributed by atoms with van der Waals surface area (Å²) in [5.74, 6) is 0.824. The van der Waals surface area contributed by atoms with Gasteiger partial charge in [0.25, 0.3) is 5.91 Å². The molecule has 27 heavy (non-hydrogen) atoms. The van der Waals surface area contributed by atoms with Gasteiger partial charge in [-0.15, -0.1) is 0 Å². The molecule has 0 fully saturated rings. The van der Waals surface area contributed by atoms with E-state index in [1.165, 1.54) is 17.1 Å². The average Bonchev–Trinajstić information content (AvgIpc) is 2.89. The van der Waals surface area contributed by atoms with E-state index in [4.69, 9.17) is 44.3 Å². The summed E-state index contributed by atoms with van der Waals surface area (Å²) in [5, 5.41) is 6.35. The molecule has 140 valence electrons. The summed E-state index contributed by atoms with van der Waals surface area (Å²) in [4.78, 5) is 12.9. The third kappa shape index (κ3) is 3.76. The van der Waals surface area contributed by atoms with Crippen molar-refractivity contribution in [3.05, 3.63) is 56.5 Å². The molecular weight excluding hydrogens is 411 g/mol. The van der Waals surface area contributed by atoms with Crippen LogP contribution in [0.2, 0.25) is 15.1 Å². The van der Waals surface area contributed by atoms with Crippen LogP contribution in [0.3, 0.4) is 0 Å². The molecule has 1 aliphatic heterocycles. The molecule has 2 aromatic carbocycles. The highest BCUT2D eigenvalue weighted by Crippen LogP contribution is 2.39. The lowest BCUT2D eigenvalue weighted by Crippen LogP contribution is -2.22. The number of carbonyl (C=O) groups is 1. The summed E-state index contributed by atoms with van der Waals surface area (Å²) in [6.45, 7) is 1.74. The zero-order valence-corrected chi connectivity index (χ0v) is 17.0. The van der Waals surface area contributed by atoms with E-state index in [0.717, 1.165) is 5.56 Å². The summed E-state index contributed by atoms with van der Waals surface area (Å²) >= 11 is 18.4. The second-order valence-electron chi connectivity index (χ2n) is 5.69. The molecule has 0 N–H and O–H groups in total. The van der Waals surface area contributed by atoms with Crippen LogP contribution < -0.4 is 14.5 Å². The minimum atomic E-state index is -0.339. The van der Waals surface area contributed by atoms with Crippen molar-refractivity contribution in [3.63, 3.8) is 0 Å². The van der Waals surface area contributed by atoms with E-state index < -0.39 is 0 Å². The van der Waals surface area contributed by atoms with Crippen LogP contribution in [-0.2, 0) is 4.79 Å². The van der Waals surface area contributed by atoms with Gasteiger partial charge >= 0.3 is 0 Å². The Kier molecular flexibility index (Phi) is 5.65. The Morgan fingerprint density at radius 2 is 1.63 bits per heavy atom. The molecule has 5 nitrogen and oxygen atoms in total. The van der Waals surface area contributed by atoms with Crippen molar-refractivity contribution in [2.45, 2.75) is 6.92 Å². The first kappa shape index (κ1) is 19.5. The molecule has 3 rings (SSSR count). The lowest BCUT2D eigenvalue weighted by Gasteiger charge is -2.15. The van der Waals surface area contributed by atoms with Crippen LogP contribution in [0.4, 0.5) is 5.69 Å². The van der Waals surface area contributed by atoms with Gasteiger partial charge in [-0.2, -0.15) is 10.1 Å². The fraction of sp³-hybridized carbons (Fsp3) is 0.158. The lowest BCUT2D eigenvalue weighted by molar-refractivity contribution is -0.114. The molecule has 0 atom stereocenters. The Hall–Kier alpha value is -2.21. The van der Waals surface area contributed by atoms with Crippen LogP contribution in [0.5, 0.6) is 11.5 Å². The van der Waals surface area contributed by atoms with Gasteiger partial charge in [0.2, 0.25) is 0 Å². The van der Waals surface area contributed by atoms with Gasteiger partial charge in [0.05, 0.1) is 35.5 Å². The van der Waals surface area contributed by atoms with E-state index in [1.807, 2.05) is 6.07 Å². The molecule has 1 amide bonds. The number of anilines is 1. The van der Waals surface area contributed by atoms with Crippen molar-refractivity contribution in [1.29, 1.82) is 0 Å². The van der Waals surface area contributed by atoms with Crippen LogP contribution >= 0.6 is 34.8 Å². The Morgan fingerprint density at radius 1 is 1.00 bits per heavy atom. The Labute approximate surface area is 171 Å². The minimum absolute atomic E-state index is 0.241. The van der Waals surface area contributed by atoms with E-state index >= 15 is 0 Å². The van der Waals surface area contributed by atoms with Crippen molar-refractivity contribution in [2.75, 3.05) is 19.2 Å². The van der Waals surface area contributed by atoms with Gasteiger partial charge in [0, 0.05) is 5.02 Å². The zero-order valence-electron chi connectivity index (χ0n) is 14.7. The maximum atomic E-state index is 12.9. The van der Waals surface area contributed by atoms with Gasteiger partial charge < -0.3 is 9.47 Å². The lowest BCUT2D eigenvalue weighted by atomic mass is 10.1. The first-order valence-corrected chi connectivity index (χ1v) is 8.97. The Bertz CT molecular complexity index is 963. The summed E-state index contributed by atoms with van der Waals surface area (Å²) in [6, 6.07) is 8.38. The topological polar surface area (TPSA) is 51.1 Å². The highest BCUT2D eigenvalue weighted by atomic mass is 35.5.